The van der Waals surface area contributed by atoms with Gasteiger partial charge in [0.15, 0.2) is 5.82 Å². The molecule has 0 N–H and O–H groups in total. The summed E-state index contributed by atoms with van der Waals surface area (Å²) in [6.07, 6.45) is 0. The highest BCUT2D eigenvalue weighted by atomic mass is 35.5. The summed E-state index contributed by atoms with van der Waals surface area (Å²) in [5.74, 6) is 1.37. The van der Waals surface area contributed by atoms with Crippen molar-refractivity contribution in [2.24, 2.45) is 0 Å². The molecule has 0 bridgehead atoms. The van der Waals surface area contributed by atoms with E-state index in [0.717, 1.165) is 21.7 Å². The van der Waals surface area contributed by atoms with Crippen LogP contribution in [0.2, 0.25) is 5.15 Å². The molecule has 3 aromatic rings. The summed E-state index contributed by atoms with van der Waals surface area (Å²) in [5.41, 5.74) is 1.08. The summed E-state index contributed by atoms with van der Waals surface area (Å²) in [5, 5.41) is 3.32. The molecule has 0 aliphatic carbocycles. The quantitative estimate of drug-likeness (QED) is 0.682. The van der Waals surface area contributed by atoms with E-state index in [1.165, 1.54) is 0 Å². The van der Waals surface area contributed by atoms with Gasteiger partial charge in [-0.25, -0.2) is 9.97 Å². The SMILES string of the molecule is CN(C)c1cccc(OCc2nc(Cl)c3ccsc3n2)c1. The molecular formula is C15H14ClN3OS. The van der Waals surface area contributed by atoms with Crippen LogP contribution >= 0.6 is 22.9 Å². The number of halogens is 1. The number of fused-ring (bicyclic) bond motifs is 1. The van der Waals surface area contributed by atoms with E-state index in [2.05, 4.69) is 9.97 Å². The fraction of sp³-hybridized carbons (Fsp3) is 0.200. The van der Waals surface area contributed by atoms with Crippen molar-refractivity contribution in [3.05, 3.63) is 46.7 Å². The topological polar surface area (TPSA) is 38.2 Å². The highest BCUT2D eigenvalue weighted by Crippen LogP contribution is 2.25. The van der Waals surface area contributed by atoms with Crippen LogP contribution in [0, 0.1) is 0 Å². The first-order chi connectivity index (χ1) is 10.1. The van der Waals surface area contributed by atoms with Crippen molar-refractivity contribution < 1.29 is 4.74 Å². The molecule has 108 valence electrons. The van der Waals surface area contributed by atoms with Crippen LogP contribution in [0.3, 0.4) is 0 Å². The molecule has 0 saturated carbocycles. The van der Waals surface area contributed by atoms with Gasteiger partial charge >= 0.3 is 0 Å². The molecule has 0 amide bonds. The second-order valence-corrected chi connectivity index (χ2v) is 6.00. The van der Waals surface area contributed by atoms with Gasteiger partial charge in [0, 0.05) is 31.2 Å². The van der Waals surface area contributed by atoms with E-state index in [1.54, 1.807) is 11.3 Å². The molecule has 2 heterocycles. The molecular weight excluding hydrogens is 306 g/mol. The molecule has 21 heavy (non-hydrogen) atoms. The van der Waals surface area contributed by atoms with E-state index in [-0.39, 0.29) is 0 Å². The van der Waals surface area contributed by atoms with E-state index < -0.39 is 0 Å². The van der Waals surface area contributed by atoms with Crippen LogP contribution < -0.4 is 9.64 Å². The molecule has 2 aromatic heterocycles. The normalized spacial score (nSPS) is 10.8. The van der Waals surface area contributed by atoms with Crippen LogP contribution in [0.4, 0.5) is 5.69 Å². The first kappa shape index (κ1) is 14.1. The van der Waals surface area contributed by atoms with Crippen LogP contribution in [0.5, 0.6) is 5.75 Å². The van der Waals surface area contributed by atoms with Crippen LogP contribution in [-0.4, -0.2) is 24.1 Å². The standard InChI is InChI=1S/C15H14ClN3OS/c1-19(2)10-4-3-5-11(8-10)20-9-13-17-14(16)12-6-7-21-15(12)18-13/h3-8H,9H2,1-2H3. The summed E-state index contributed by atoms with van der Waals surface area (Å²) in [6.45, 7) is 0.296. The zero-order chi connectivity index (χ0) is 14.8. The maximum absolute atomic E-state index is 6.15. The van der Waals surface area contributed by atoms with Crippen molar-refractivity contribution in [2.45, 2.75) is 6.61 Å². The van der Waals surface area contributed by atoms with Crippen LogP contribution in [0.25, 0.3) is 10.2 Å². The Bertz CT molecular complexity index is 772. The van der Waals surface area contributed by atoms with Gasteiger partial charge < -0.3 is 9.64 Å². The third-order valence-electron chi connectivity index (χ3n) is 3.03. The lowest BCUT2D eigenvalue weighted by atomic mass is 10.3. The lowest BCUT2D eigenvalue weighted by Crippen LogP contribution is -2.08. The minimum absolute atomic E-state index is 0.296. The van der Waals surface area contributed by atoms with Gasteiger partial charge in [0.05, 0.1) is 0 Å². The lowest BCUT2D eigenvalue weighted by Gasteiger charge is -2.13. The number of benzene rings is 1. The number of hydrogen-bond donors (Lipinski definition) is 0. The van der Waals surface area contributed by atoms with E-state index in [0.29, 0.717) is 17.6 Å². The Labute approximate surface area is 132 Å². The van der Waals surface area contributed by atoms with Gasteiger partial charge in [-0.1, -0.05) is 17.7 Å². The van der Waals surface area contributed by atoms with Gasteiger partial charge in [0.1, 0.15) is 22.3 Å². The number of thiophene rings is 1. The Kier molecular flexibility index (Phi) is 3.94. The van der Waals surface area contributed by atoms with Crippen molar-refractivity contribution in [2.75, 3.05) is 19.0 Å². The van der Waals surface area contributed by atoms with Gasteiger partial charge in [-0.2, -0.15) is 0 Å². The molecule has 0 fully saturated rings. The number of aromatic nitrogens is 2. The zero-order valence-corrected chi connectivity index (χ0v) is 13.3. The average molecular weight is 320 g/mol. The van der Waals surface area contributed by atoms with Crippen molar-refractivity contribution in [1.29, 1.82) is 0 Å². The highest BCUT2D eigenvalue weighted by Gasteiger charge is 2.08. The number of anilines is 1. The molecule has 0 aliphatic rings. The second-order valence-electron chi connectivity index (χ2n) is 4.75. The van der Waals surface area contributed by atoms with Crippen LogP contribution in [-0.2, 0) is 6.61 Å². The fourth-order valence-corrected chi connectivity index (χ4v) is 3.01. The van der Waals surface area contributed by atoms with Crippen molar-refractivity contribution >= 4 is 38.8 Å². The summed E-state index contributed by atoms with van der Waals surface area (Å²) >= 11 is 7.69. The number of rotatable bonds is 4. The molecule has 0 aliphatic heterocycles. The Morgan fingerprint density at radius 1 is 1.24 bits per heavy atom. The van der Waals surface area contributed by atoms with Gasteiger partial charge in [0.2, 0.25) is 0 Å². The molecule has 1 aromatic carbocycles. The molecule has 0 radical (unpaired) electrons. The summed E-state index contributed by atoms with van der Waals surface area (Å²) in [7, 11) is 3.99. The van der Waals surface area contributed by atoms with Gasteiger partial charge in [-0.15, -0.1) is 11.3 Å². The number of nitrogens with zero attached hydrogens (tertiary/aromatic N) is 3. The first-order valence-corrected chi connectivity index (χ1v) is 7.69. The van der Waals surface area contributed by atoms with Crippen LogP contribution in [0.15, 0.2) is 35.7 Å². The summed E-state index contributed by atoms with van der Waals surface area (Å²) in [6, 6.07) is 9.80. The summed E-state index contributed by atoms with van der Waals surface area (Å²) in [4.78, 5) is 11.6. The highest BCUT2D eigenvalue weighted by molar-refractivity contribution is 7.16. The van der Waals surface area contributed by atoms with E-state index in [4.69, 9.17) is 16.3 Å². The largest absolute Gasteiger partial charge is 0.486 e. The van der Waals surface area contributed by atoms with E-state index in [9.17, 15) is 0 Å². The Hall–Kier alpha value is -1.85. The smallest absolute Gasteiger partial charge is 0.169 e. The molecule has 4 nitrogen and oxygen atoms in total. The lowest BCUT2D eigenvalue weighted by molar-refractivity contribution is 0.296. The monoisotopic (exact) mass is 319 g/mol. The predicted octanol–water partition coefficient (Wildman–Crippen LogP) is 3.99. The second kappa shape index (κ2) is 5.87. The number of ether oxygens (including phenoxy) is 1. The van der Waals surface area contributed by atoms with Crippen LogP contribution in [0.1, 0.15) is 5.82 Å². The average Bonchev–Trinajstić information content (AvgIpc) is 2.94. The third kappa shape index (κ3) is 3.09. The van der Waals surface area contributed by atoms with Crippen molar-refractivity contribution in [1.82, 2.24) is 9.97 Å². The Morgan fingerprint density at radius 3 is 2.90 bits per heavy atom. The zero-order valence-electron chi connectivity index (χ0n) is 11.7. The molecule has 6 heteroatoms. The molecule has 0 spiro atoms. The predicted molar refractivity (Wildman–Crippen MR) is 87.5 cm³/mol. The maximum atomic E-state index is 6.15. The maximum Gasteiger partial charge on any atom is 0.169 e. The summed E-state index contributed by atoms with van der Waals surface area (Å²) < 4.78 is 5.76. The van der Waals surface area contributed by atoms with E-state index >= 15 is 0 Å². The number of hydrogen-bond acceptors (Lipinski definition) is 5. The Balaban J connectivity index is 1.78. The minimum atomic E-state index is 0.296. The minimum Gasteiger partial charge on any atom is -0.486 e. The fourth-order valence-electron chi connectivity index (χ4n) is 1.92. The van der Waals surface area contributed by atoms with Crippen molar-refractivity contribution in [3.8, 4) is 5.75 Å². The van der Waals surface area contributed by atoms with Gasteiger partial charge in [-0.3, -0.25) is 0 Å². The van der Waals surface area contributed by atoms with Gasteiger partial charge in [-0.05, 0) is 23.6 Å². The molecule has 0 atom stereocenters. The molecule has 0 saturated heterocycles. The molecule has 0 unspecified atom stereocenters. The van der Waals surface area contributed by atoms with Gasteiger partial charge in [0.25, 0.3) is 0 Å². The van der Waals surface area contributed by atoms with E-state index in [1.807, 2.05) is 54.7 Å². The third-order valence-corrected chi connectivity index (χ3v) is 4.12. The Morgan fingerprint density at radius 2 is 2.10 bits per heavy atom. The first-order valence-electron chi connectivity index (χ1n) is 6.43. The molecule has 3 rings (SSSR count). The van der Waals surface area contributed by atoms with Crippen molar-refractivity contribution in [3.63, 3.8) is 0 Å².